The van der Waals surface area contributed by atoms with Crippen molar-refractivity contribution in [2.24, 2.45) is 0 Å². The highest BCUT2D eigenvalue weighted by atomic mass is 16.5. The number of aromatic nitrogens is 3. The molecule has 32 heavy (non-hydrogen) atoms. The Kier molecular flexibility index (Phi) is 6.13. The van der Waals surface area contributed by atoms with Gasteiger partial charge in [0, 0.05) is 23.5 Å². The molecule has 2 aromatic carbocycles. The third kappa shape index (κ3) is 4.17. The first-order chi connectivity index (χ1) is 15.5. The van der Waals surface area contributed by atoms with Crippen LogP contribution in [0.3, 0.4) is 0 Å². The number of methoxy groups -OCH3 is 2. The van der Waals surface area contributed by atoms with Gasteiger partial charge < -0.3 is 23.9 Å². The van der Waals surface area contributed by atoms with E-state index in [-0.39, 0.29) is 12.1 Å². The van der Waals surface area contributed by atoms with Crippen LogP contribution in [-0.4, -0.2) is 40.1 Å². The lowest BCUT2D eigenvalue weighted by Gasteiger charge is -2.17. The molecule has 8 heteroatoms. The lowest BCUT2D eigenvalue weighted by atomic mass is 10.1. The molecule has 0 aliphatic heterocycles. The molecule has 2 heterocycles. The first-order valence-corrected chi connectivity index (χ1v) is 10.3. The van der Waals surface area contributed by atoms with E-state index in [1.54, 1.807) is 48.3 Å². The third-order valence-corrected chi connectivity index (χ3v) is 5.23. The molecule has 0 radical (unpaired) electrons. The van der Waals surface area contributed by atoms with E-state index >= 15 is 0 Å². The number of hydrogen-bond acceptors (Lipinski definition) is 6. The predicted octanol–water partition coefficient (Wildman–Crippen LogP) is 3.31. The molecule has 2 aromatic heterocycles. The highest BCUT2D eigenvalue weighted by Crippen LogP contribution is 2.30. The fourth-order valence-corrected chi connectivity index (χ4v) is 3.58. The Balaban J connectivity index is 1.64. The molecule has 166 valence electrons. The summed E-state index contributed by atoms with van der Waals surface area (Å²) >= 11 is 0. The summed E-state index contributed by atoms with van der Waals surface area (Å²) in [4.78, 5) is 13.1. The number of hydrogen-bond donors (Lipinski definition) is 1. The van der Waals surface area contributed by atoms with Crippen LogP contribution in [0.2, 0.25) is 0 Å². The topological polar surface area (TPSA) is 87.2 Å². The first-order valence-electron chi connectivity index (χ1n) is 10.3. The second kappa shape index (κ2) is 9.15. The number of fused-ring (bicyclic) bond motifs is 1. The van der Waals surface area contributed by atoms with E-state index in [1.165, 1.54) is 11.7 Å². The molecule has 4 aromatic rings. The SMILES string of the molecule is CCOc1ccc(-c2cc3c(=O)n(C[C@H](O)c4cc(OC)ccc4OC)ccn3n2)cc1. The van der Waals surface area contributed by atoms with E-state index < -0.39 is 6.10 Å². The van der Waals surface area contributed by atoms with Gasteiger partial charge in [0.25, 0.3) is 5.56 Å². The Morgan fingerprint density at radius 1 is 1.00 bits per heavy atom. The summed E-state index contributed by atoms with van der Waals surface area (Å²) in [5.74, 6) is 1.90. The Hall–Kier alpha value is -3.78. The van der Waals surface area contributed by atoms with Gasteiger partial charge in [-0.2, -0.15) is 5.10 Å². The summed E-state index contributed by atoms with van der Waals surface area (Å²) in [5.41, 5.74) is 2.27. The van der Waals surface area contributed by atoms with E-state index in [4.69, 9.17) is 14.2 Å². The first kappa shape index (κ1) is 21.5. The average molecular weight is 435 g/mol. The molecule has 0 fully saturated rings. The van der Waals surface area contributed by atoms with E-state index in [1.807, 2.05) is 31.2 Å². The monoisotopic (exact) mass is 435 g/mol. The van der Waals surface area contributed by atoms with Crippen LogP contribution in [0.4, 0.5) is 0 Å². The van der Waals surface area contributed by atoms with Gasteiger partial charge in [0.1, 0.15) is 28.9 Å². The summed E-state index contributed by atoms with van der Waals surface area (Å²) in [6.07, 6.45) is 2.35. The molecule has 0 bridgehead atoms. The van der Waals surface area contributed by atoms with Crippen molar-refractivity contribution < 1.29 is 19.3 Å². The highest BCUT2D eigenvalue weighted by molar-refractivity contribution is 5.66. The smallest absolute Gasteiger partial charge is 0.276 e. The van der Waals surface area contributed by atoms with Crippen molar-refractivity contribution in [1.29, 1.82) is 0 Å². The van der Waals surface area contributed by atoms with E-state index in [0.29, 0.717) is 34.9 Å². The van der Waals surface area contributed by atoms with Crippen LogP contribution in [0.5, 0.6) is 17.2 Å². The van der Waals surface area contributed by atoms with Crippen LogP contribution < -0.4 is 19.8 Å². The fourth-order valence-electron chi connectivity index (χ4n) is 3.58. The number of benzene rings is 2. The number of aliphatic hydroxyl groups is 1. The standard InChI is InChI=1S/C24H25N3O5/c1-4-32-17-7-5-16(6-8-17)20-14-21-24(29)26(11-12-27(21)25-20)15-22(28)19-13-18(30-2)9-10-23(19)31-3/h5-14,22,28H,4,15H2,1-3H3/t22-/m0/s1. The summed E-state index contributed by atoms with van der Waals surface area (Å²) in [6.45, 7) is 2.59. The molecule has 0 saturated heterocycles. The quantitative estimate of drug-likeness (QED) is 0.457. The van der Waals surface area contributed by atoms with Crippen LogP contribution in [0.1, 0.15) is 18.6 Å². The maximum atomic E-state index is 13.1. The molecule has 8 nitrogen and oxygen atoms in total. The van der Waals surface area contributed by atoms with Crippen LogP contribution >= 0.6 is 0 Å². The third-order valence-electron chi connectivity index (χ3n) is 5.23. The largest absolute Gasteiger partial charge is 0.497 e. The number of aliphatic hydroxyl groups excluding tert-OH is 1. The lowest BCUT2D eigenvalue weighted by Crippen LogP contribution is -2.24. The lowest BCUT2D eigenvalue weighted by molar-refractivity contribution is 0.151. The number of rotatable bonds is 8. The van der Waals surface area contributed by atoms with E-state index in [9.17, 15) is 9.90 Å². The molecule has 0 amide bonds. The molecular weight excluding hydrogens is 410 g/mol. The molecular formula is C24H25N3O5. The molecule has 0 aliphatic carbocycles. The summed E-state index contributed by atoms with van der Waals surface area (Å²) in [5, 5.41) is 15.3. The zero-order chi connectivity index (χ0) is 22.7. The number of ether oxygens (including phenoxy) is 3. The molecule has 0 spiro atoms. The molecule has 0 saturated carbocycles. The van der Waals surface area contributed by atoms with Crippen molar-refractivity contribution in [1.82, 2.24) is 14.2 Å². The minimum atomic E-state index is -0.964. The summed E-state index contributed by atoms with van der Waals surface area (Å²) in [7, 11) is 3.09. The van der Waals surface area contributed by atoms with Gasteiger partial charge in [0.2, 0.25) is 0 Å². The van der Waals surface area contributed by atoms with Gasteiger partial charge in [-0.05, 0) is 55.5 Å². The predicted molar refractivity (Wildman–Crippen MR) is 121 cm³/mol. The van der Waals surface area contributed by atoms with Gasteiger partial charge >= 0.3 is 0 Å². The average Bonchev–Trinajstić information content (AvgIpc) is 3.26. The Labute approximate surface area is 185 Å². The molecule has 0 unspecified atom stereocenters. The second-order valence-electron chi connectivity index (χ2n) is 7.20. The fraction of sp³-hybridized carbons (Fsp3) is 0.250. The molecule has 4 rings (SSSR count). The number of nitrogens with zero attached hydrogens (tertiary/aromatic N) is 3. The Morgan fingerprint density at radius 2 is 1.75 bits per heavy atom. The van der Waals surface area contributed by atoms with Crippen molar-refractivity contribution in [2.75, 3.05) is 20.8 Å². The van der Waals surface area contributed by atoms with Crippen LogP contribution in [0.15, 0.2) is 65.7 Å². The maximum absolute atomic E-state index is 13.1. The van der Waals surface area contributed by atoms with Gasteiger partial charge in [-0.1, -0.05) is 0 Å². The minimum absolute atomic E-state index is 0.0580. The van der Waals surface area contributed by atoms with Gasteiger partial charge in [0.15, 0.2) is 0 Å². The highest BCUT2D eigenvalue weighted by Gasteiger charge is 2.17. The van der Waals surface area contributed by atoms with Gasteiger partial charge in [-0.15, -0.1) is 0 Å². The minimum Gasteiger partial charge on any atom is -0.497 e. The van der Waals surface area contributed by atoms with Crippen molar-refractivity contribution >= 4 is 5.52 Å². The summed E-state index contributed by atoms with van der Waals surface area (Å²) < 4.78 is 19.1. The van der Waals surface area contributed by atoms with Crippen LogP contribution in [0.25, 0.3) is 16.8 Å². The Bertz CT molecular complexity index is 1280. The Morgan fingerprint density at radius 3 is 2.44 bits per heavy atom. The van der Waals surface area contributed by atoms with E-state index in [2.05, 4.69) is 5.10 Å². The van der Waals surface area contributed by atoms with Gasteiger partial charge in [0.05, 0.1) is 33.1 Å². The maximum Gasteiger partial charge on any atom is 0.276 e. The molecule has 0 aliphatic rings. The van der Waals surface area contributed by atoms with Crippen molar-refractivity contribution in [2.45, 2.75) is 19.6 Å². The van der Waals surface area contributed by atoms with Gasteiger partial charge in [-0.3, -0.25) is 4.79 Å². The zero-order valence-electron chi connectivity index (χ0n) is 18.2. The second-order valence-corrected chi connectivity index (χ2v) is 7.20. The van der Waals surface area contributed by atoms with Crippen molar-refractivity contribution in [3.63, 3.8) is 0 Å². The molecule has 1 atom stereocenters. The normalized spacial score (nSPS) is 12.0. The molecule has 1 N–H and O–H groups in total. The van der Waals surface area contributed by atoms with Crippen LogP contribution in [-0.2, 0) is 6.54 Å². The zero-order valence-corrected chi connectivity index (χ0v) is 18.2. The van der Waals surface area contributed by atoms with Crippen molar-refractivity contribution in [3.8, 4) is 28.5 Å². The van der Waals surface area contributed by atoms with Crippen molar-refractivity contribution in [3.05, 3.63) is 76.8 Å². The van der Waals surface area contributed by atoms with Crippen LogP contribution in [0, 0.1) is 0 Å². The van der Waals surface area contributed by atoms with Gasteiger partial charge in [-0.25, -0.2) is 4.52 Å². The summed E-state index contributed by atoms with van der Waals surface area (Å²) in [6, 6.07) is 14.5. The van der Waals surface area contributed by atoms with E-state index in [0.717, 1.165) is 11.3 Å².